The molecular formula is C15H20N4O. The van der Waals surface area contributed by atoms with Gasteiger partial charge in [-0.2, -0.15) is 0 Å². The fraction of sp³-hybridized carbons (Fsp3) is 0.333. The summed E-state index contributed by atoms with van der Waals surface area (Å²) in [6.45, 7) is 0.643. The minimum atomic E-state index is -0.535. The molecule has 20 heavy (non-hydrogen) atoms. The second-order valence-electron chi connectivity index (χ2n) is 4.77. The van der Waals surface area contributed by atoms with Crippen LogP contribution in [0.5, 0.6) is 0 Å². The van der Waals surface area contributed by atoms with E-state index in [1.54, 1.807) is 12.5 Å². The highest BCUT2D eigenvalue weighted by Crippen LogP contribution is 2.01. The zero-order chi connectivity index (χ0) is 14.2. The molecule has 0 bridgehead atoms. The van der Waals surface area contributed by atoms with Gasteiger partial charge in [-0.1, -0.05) is 30.3 Å². The highest BCUT2D eigenvalue weighted by Gasteiger charge is 2.13. The number of benzene rings is 1. The van der Waals surface area contributed by atoms with Gasteiger partial charge >= 0.3 is 0 Å². The predicted molar refractivity (Wildman–Crippen MR) is 78.0 cm³/mol. The van der Waals surface area contributed by atoms with Crippen LogP contribution in [-0.4, -0.2) is 28.5 Å². The van der Waals surface area contributed by atoms with Gasteiger partial charge in [0.25, 0.3) is 0 Å². The van der Waals surface area contributed by atoms with Crippen molar-refractivity contribution in [2.45, 2.75) is 25.3 Å². The predicted octanol–water partition coefficient (Wildman–Crippen LogP) is 1.03. The monoisotopic (exact) mass is 272 g/mol. The Kier molecular flexibility index (Phi) is 5.32. The number of hydrogen-bond donors (Lipinski definition) is 3. The number of hydrogen-bond acceptors (Lipinski definition) is 3. The standard InChI is InChI=1S/C15H20N4O/c16-14(9-13-10-17-11-19-13)15(20)18-8-4-7-12-5-2-1-3-6-12/h1-3,5-6,10-11,14H,4,7-9,16H2,(H,17,19)(H,18,20)/t14-/m0/s1. The minimum Gasteiger partial charge on any atom is -0.355 e. The number of aryl methyl sites for hydroxylation is 1. The lowest BCUT2D eigenvalue weighted by molar-refractivity contribution is -0.122. The van der Waals surface area contributed by atoms with E-state index in [9.17, 15) is 4.79 Å². The number of carbonyl (C=O) groups is 1. The van der Waals surface area contributed by atoms with Crippen molar-refractivity contribution >= 4 is 5.91 Å². The number of imidazole rings is 1. The second kappa shape index (κ2) is 7.45. The quantitative estimate of drug-likeness (QED) is 0.658. The zero-order valence-electron chi connectivity index (χ0n) is 11.4. The topological polar surface area (TPSA) is 83.8 Å². The number of nitrogens with two attached hydrogens (primary N) is 1. The average molecular weight is 272 g/mol. The van der Waals surface area contributed by atoms with E-state index in [1.807, 2.05) is 18.2 Å². The van der Waals surface area contributed by atoms with E-state index in [0.717, 1.165) is 18.5 Å². The van der Waals surface area contributed by atoms with Crippen LogP contribution in [0.3, 0.4) is 0 Å². The number of aromatic nitrogens is 2. The molecule has 2 aromatic rings. The molecule has 0 aliphatic carbocycles. The molecule has 2 rings (SSSR count). The van der Waals surface area contributed by atoms with Crippen molar-refractivity contribution in [1.29, 1.82) is 0 Å². The number of aromatic amines is 1. The number of H-pyrrole nitrogens is 1. The molecule has 0 spiro atoms. The minimum absolute atomic E-state index is 0.118. The third-order valence-corrected chi connectivity index (χ3v) is 3.12. The van der Waals surface area contributed by atoms with E-state index in [-0.39, 0.29) is 5.91 Å². The number of nitrogens with one attached hydrogen (secondary N) is 2. The largest absolute Gasteiger partial charge is 0.355 e. The number of carbonyl (C=O) groups excluding carboxylic acids is 1. The number of rotatable bonds is 7. The van der Waals surface area contributed by atoms with E-state index in [1.165, 1.54) is 5.56 Å². The first-order chi connectivity index (χ1) is 9.75. The van der Waals surface area contributed by atoms with E-state index < -0.39 is 6.04 Å². The lowest BCUT2D eigenvalue weighted by atomic mass is 10.1. The summed E-state index contributed by atoms with van der Waals surface area (Å²) in [5, 5.41) is 2.87. The molecule has 5 nitrogen and oxygen atoms in total. The van der Waals surface area contributed by atoms with Crippen LogP contribution < -0.4 is 11.1 Å². The Morgan fingerprint density at radius 2 is 2.15 bits per heavy atom. The Hall–Kier alpha value is -2.14. The van der Waals surface area contributed by atoms with Crippen molar-refractivity contribution in [1.82, 2.24) is 15.3 Å². The van der Waals surface area contributed by atoms with E-state index >= 15 is 0 Å². The van der Waals surface area contributed by atoms with Gasteiger partial charge in [-0.3, -0.25) is 4.79 Å². The molecule has 0 unspecified atom stereocenters. The summed E-state index contributed by atoms with van der Waals surface area (Å²) in [5.74, 6) is -0.118. The number of amides is 1. The van der Waals surface area contributed by atoms with Gasteiger partial charge < -0.3 is 16.0 Å². The Bertz CT molecular complexity index is 510. The molecule has 0 saturated heterocycles. The average Bonchev–Trinajstić information content (AvgIpc) is 2.97. The maximum Gasteiger partial charge on any atom is 0.237 e. The fourth-order valence-electron chi connectivity index (χ4n) is 2.01. The third kappa shape index (κ3) is 4.51. The summed E-state index contributed by atoms with van der Waals surface area (Å²) in [6.07, 6.45) is 5.61. The smallest absolute Gasteiger partial charge is 0.237 e. The van der Waals surface area contributed by atoms with Gasteiger partial charge in [0, 0.05) is 24.9 Å². The maximum atomic E-state index is 11.8. The Labute approximate surface area is 118 Å². The molecule has 0 aliphatic heterocycles. The highest BCUT2D eigenvalue weighted by molar-refractivity contribution is 5.81. The van der Waals surface area contributed by atoms with Crippen LogP contribution in [0.25, 0.3) is 0 Å². The first kappa shape index (κ1) is 14.3. The van der Waals surface area contributed by atoms with Crippen molar-refractivity contribution in [3.63, 3.8) is 0 Å². The summed E-state index contributed by atoms with van der Waals surface area (Å²) in [5.41, 5.74) is 8.00. The van der Waals surface area contributed by atoms with Crippen molar-refractivity contribution in [3.8, 4) is 0 Å². The van der Waals surface area contributed by atoms with Crippen LogP contribution in [0.2, 0.25) is 0 Å². The van der Waals surface area contributed by atoms with Gasteiger partial charge in [-0.25, -0.2) is 4.98 Å². The van der Waals surface area contributed by atoms with Crippen molar-refractivity contribution in [2.24, 2.45) is 5.73 Å². The summed E-state index contributed by atoms with van der Waals surface area (Å²) >= 11 is 0. The molecule has 1 atom stereocenters. The van der Waals surface area contributed by atoms with Crippen LogP contribution in [-0.2, 0) is 17.6 Å². The summed E-state index contributed by atoms with van der Waals surface area (Å²) < 4.78 is 0. The molecule has 5 heteroatoms. The summed E-state index contributed by atoms with van der Waals surface area (Å²) in [7, 11) is 0. The van der Waals surface area contributed by atoms with Gasteiger partial charge in [-0.05, 0) is 18.4 Å². The SMILES string of the molecule is N[C@@H](Cc1cnc[nH]1)C(=O)NCCCc1ccccc1. The van der Waals surface area contributed by atoms with Crippen LogP contribution >= 0.6 is 0 Å². The highest BCUT2D eigenvalue weighted by atomic mass is 16.2. The molecular weight excluding hydrogens is 252 g/mol. The Morgan fingerprint density at radius 3 is 2.85 bits per heavy atom. The van der Waals surface area contributed by atoms with Crippen LogP contribution in [0.4, 0.5) is 0 Å². The normalized spacial score (nSPS) is 12.1. The van der Waals surface area contributed by atoms with Crippen LogP contribution in [0.15, 0.2) is 42.9 Å². The van der Waals surface area contributed by atoms with Crippen molar-refractivity contribution in [3.05, 3.63) is 54.1 Å². The Balaban J connectivity index is 1.65. The lowest BCUT2D eigenvalue weighted by Gasteiger charge is -2.11. The van der Waals surface area contributed by atoms with E-state index in [2.05, 4.69) is 27.4 Å². The first-order valence-corrected chi connectivity index (χ1v) is 6.80. The molecule has 0 fully saturated rings. The van der Waals surface area contributed by atoms with Crippen molar-refractivity contribution in [2.75, 3.05) is 6.54 Å². The summed E-state index contributed by atoms with van der Waals surface area (Å²) in [6, 6.07) is 9.69. The molecule has 0 saturated carbocycles. The van der Waals surface area contributed by atoms with Gasteiger partial charge in [0.05, 0.1) is 12.4 Å². The molecule has 1 aromatic heterocycles. The van der Waals surface area contributed by atoms with Crippen LogP contribution in [0.1, 0.15) is 17.7 Å². The first-order valence-electron chi connectivity index (χ1n) is 6.80. The zero-order valence-corrected chi connectivity index (χ0v) is 11.4. The second-order valence-corrected chi connectivity index (χ2v) is 4.77. The Morgan fingerprint density at radius 1 is 1.35 bits per heavy atom. The van der Waals surface area contributed by atoms with Gasteiger partial charge in [-0.15, -0.1) is 0 Å². The van der Waals surface area contributed by atoms with Crippen molar-refractivity contribution < 1.29 is 4.79 Å². The molecule has 0 aliphatic rings. The molecule has 1 heterocycles. The molecule has 1 amide bonds. The van der Waals surface area contributed by atoms with Crippen LogP contribution in [0, 0.1) is 0 Å². The van der Waals surface area contributed by atoms with Gasteiger partial charge in [0.1, 0.15) is 0 Å². The lowest BCUT2D eigenvalue weighted by Crippen LogP contribution is -2.42. The van der Waals surface area contributed by atoms with Gasteiger partial charge in [0.2, 0.25) is 5.91 Å². The molecule has 106 valence electrons. The molecule has 1 aromatic carbocycles. The maximum absolute atomic E-state index is 11.8. The van der Waals surface area contributed by atoms with Gasteiger partial charge in [0.15, 0.2) is 0 Å². The number of nitrogens with zero attached hydrogens (tertiary/aromatic N) is 1. The molecule has 0 radical (unpaired) electrons. The fourth-order valence-corrected chi connectivity index (χ4v) is 2.01. The van der Waals surface area contributed by atoms with E-state index in [4.69, 9.17) is 5.73 Å². The summed E-state index contributed by atoms with van der Waals surface area (Å²) in [4.78, 5) is 18.7. The van der Waals surface area contributed by atoms with E-state index in [0.29, 0.717) is 13.0 Å². The molecule has 4 N–H and O–H groups in total. The third-order valence-electron chi connectivity index (χ3n) is 3.12.